The van der Waals surface area contributed by atoms with Crippen molar-refractivity contribution in [3.63, 3.8) is 0 Å². The van der Waals surface area contributed by atoms with Crippen molar-refractivity contribution in [2.45, 2.75) is 13.5 Å². The zero-order chi connectivity index (χ0) is 23.4. The van der Waals surface area contributed by atoms with E-state index in [1.165, 1.54) is 17.6 Å². The minimum Gasteiger partial charge on any atom is -0.495 e. The van der Waals surface area contributed by atoms with Gasteiger partial charge in [0.15, 0.2) is 0 Å². The molecule has 0 aliphatic carbocycles. The highest BCUT2D eigenvalue weighted by atomic mass is 35.5. The van der Waals surface area contributed by atoms with Crippen LogP contribution in [0.2, 0.25) is 5.02 Å². The highest BCUT2D eigenvalue weighted by Crippen LogP contribution is 2.28. The van der Waals surface area contributed by atoms with Crippen LogP contribution in [-0.2, 0) is 6.61 Å². The molecule has 2 amide bonds. The molecular weight excluding hydrogens is 444 g/mol. The van der Waals surface area contributed by atoms with Crippen LogP contribution in [0.1, 0.15) is 11.3 Å². The predicted octanol–water partition coefficient (Wildman–Crippen LogP) is 4.89. The maximum Gasteiger partial charge on any atom is 0.323 e. The molecule has 33 heavy (non-hydrogen) atoms. The number of fused-ring (bicyclic) bond motifs is 1. The fourth-order valence-electron chi connectivity index (χ4n) is 3.24. The molecule has 0 saturated heterocycles. The standard InChI is InChI=1S/C24H21ClN4O4/c1-15-4-3-11-29-22(30)13-18(26-23(15)29)14-33-19-8-6-17(7-9-19)27-24(31)28-20-12-16(25)5-10-21(20)32-2/h3-13H,14H2,1-2H3,(H2,27,28,31). The first-order valence-corrected chi connectivity index (χ1v) is 10.4. The van der Waals surface area contributed by atoms with Crippen molar-refractivity contribution < 1.29 is 14.3 Å². The Labute approximate surface area is 194 Å². The average Bonchev–Trinajstić information content (AvgIpc) is 2.79. The Kier molecular flexibility index (Phi) is 6.46. The summed E-state index contributed by atoms with van der Waals surface area (Å²) in [7, 11) is 1.51. The molecule has 0 aliphatic rings. The number of anilines is 2. The van der Waals surface area contributed by atoms with Crippen LogP contribution in [0, 0.1) is 6.92 Å². The molecule has 0 aliphatic heterocycles. The van der Waals surface area contributed by atoms with E-state index in [-0.39, 0.29) is 12.2 Å². The lowest BCUT2D eigenvalue weighted by Crippen LogP contribution is -2.19. The number of methoxy groups -OCH3 is 1. The number of hydrogen-bond donors (Lipinski definition) is 2. The number of carbonyl (C=O) groups excluding carboxylic acids is 1. The van der Waals surface area contributed by atoms with E-state index in [4.69, 9.17) is 21.1 Å². The van der Waals surface area contributed by atoms with E-state index in [2.05, 4.69) is 15.6 Å². The molecule has 4 aromatic rings. The molecule has 4 rings (SSSR count). The van der Waals surface area contributed by atoms with Crippen molar-refractivity contribution in [1.29, 1.82) is 0 Å². The molecule has 168 valence electrons. The summed E-state index contributed by atoms with van der Waals surface area (Å²) in [5.41, 5.74) is 2.90. The van der Waals surface area contributed by atoms with Crippen molar-refractivity contribution in [2.75, 3.05) is 17.7 Å². The second kappa shape index (κ2) is 9.62. The highest BCUT2D eigenvalue weighted by Gasteiger charge is 2.09. The van der Waals surface area contributed by atoms with Gasteiger partial charge in [0, 0.05) is 23.0 Å². The summed E-state index contributed by atoms with van der Waals surface area (Å²) >= 11 is 5.99. The first-order chi connectivity index (χ1) is 15.9. The lowest BCUT2D eigenvalue weighted by Gasteiger charge is -2.12. The third kappa shape index (κ3) is 5.24. The second-order valence-corrected chi connectivity index (χ2v) is 7.64. The minimum atomic E-state index is -0.444. The normalized spacial score (nSPS) is 10.6. The Morgan fingerprint density at radius 3 is 2.64 bits per heavy atom. The molecule has 8 nitrogen and oxygen atoms in total. The fraction of sp³-hybridized carbons (Fsp3) is 0.125. The van der Waals surface area contributed by atoms with Gasteiger partial charge in [-0.15, -0.1) is 0 Å². The Morgan fingerprint density at radius 1 is 1.09 bits per heavy atom. The van der Waals surface area contributed by atoms with Gasteiger partial charge in [-0.2, -0.15) is 0 Å². The number of benzene rings is 2. The number of nitrogens with one attached hydrogen (secondary N) is 2. The van der Waals surface area contributed by atoms with E-state index in [0.29, 0.717) is 39.2 Å². The third-order valence-corrected chi connectivity index (χ3v) is 5.08. The van der Waals surface area contributed by atoms with Crippen LogP contribution in [0.5, 0.6) is 11.5 Å². The Balaban J connectivity index is 1.38. The monoisotopic (exact) mass is 464 g/mol. The molecular formula is C24H21ClN4O4. The summed E-state index contributed by atoms with van der Waals surface area (Å²) in [6, 6.07) is 16.5. The largest absolute Gasteiger partial charge is 0.495 e. The van der Waals surface area contributed by atoms with E-state index < -0.39 is 6.03 Å². The maximum atomic E-state index is 12.3. The first kappa shape index (κ1) is 22.2. The molecule has 0 saturated carbocycles. The van der Waals surface area contributed by atoms with Crippen molar-refractivity contribution >= 4 is 34.7 Å². The lowest BCUT2D eigenvalue weighted by molar-refractivity contribution is 0.262. The molecule has 2 aromatic heterocycles. The molecule has 0 unspecified atom stereocenters. The van der Waals surface area contributed by atoms with Gasteiger partial charge in [0.1, 0.15) is 23.8 Å². The summed E-state index contributed by atoms with van der Waals surface area (Å²) in [6.07, 6.45) is 1.69. The van der Waals surface area contributed by atoms with Crippen LogP contribution in [0.15, 0.2) is 71.7 Å². The fourth-order valence-corrected chi connectivity index (χ4v) is 3.41. The summed E-state index contributed by atoms with van der Waals surface area (Å²) in [6.45, 7) is 2.04. The van der Waals surface area contributed by atoms with E-state index in [1.54, 1.807) is 48.7 Å². The summed E-state index contributed by atoms with van der Waals surface area (Å²) in [5, 5.41) is 5.92. The predicted molar refractivity (Wildman–Crippen MR) is 128 cm³/mol. The number of urea groups is 1. The first-order valence-electron chi connectivity index (χ1n) is 10.1. The summed E-state index contributed by atoms with van der Waals surface area (Å²) in [5.74, 6) is 1.07. The van der Waals surface area contributed by atoms with Gasteiger partial charge in [0.05, 0.1) is 18.5 Å². The zero-order valence-corrected chi connectivity index (χ0v) is 18.7. The van der Waals surface area contributed by atoms with Crippen LogP contribution in [-0.4, -0.2) is 22.5 Å². The number of pyridine rings is 1. The number of nitrogens with zero attached hydrogens (tertiary/aromatic N) is 2. The third-order valence-electron chi connectivity index (χ3n) is 4.85. The molecule has 0 radical (unpaired) electrons. The van der Waals surface area contributed by atoms with Crippen LogP contribution in [0.3, 0.4) is 0 Å². The lowest BCUT2D eigenvalue weighted by atomic mass is 10.3. The average molecular weight is 465 g/mol. The van der Waals surface area contributed by atoms with Gasteiger partial charge in [-0.1, -0.05) is 17.7 Å². The Hall–Kier alpha value is -4.04. The van der Waals surface area contributed by atoms with Crippen molar-refractivity contribution in [2.24, 2.45) is 0 Å². The van der Waals surface area contributed by atoms with Crippen LogP contribution in [0.25, 0.3) is 5.65 Å². The van der Waals surface area contributed by atoms with Gasteiger partial charge in [-0.25, -0.2) is 9.78 Å². The van der Waals surface area contributed by atoms with Crippen molar-refractivity contribution in [3.8, 4) is 11.5 Å². The number of aromatic nitrogens is 2. The van der Waals surface area contributed by atoms with Gasteiger partial charge in [0.25, 0.3) is 5.56 Å². The maximum absolute atomic E-state index is 12.3. The Bertz CT molecular complexity index is 1370. The van der Waals surface area contributed by atoms with E-state index in [1.807, 2.05) is 19.1 Å². The number of carbonyl (C=O) groups is 1. The smallest absolute Gasteiger partial charge is 0.323 e. The minimum absolute atomic E-state index is 0.141. The summed E-state index contributed by atoms with van der Waals surface area (Å²) < 4.78 is 12.5. The van der Waals surface area contributed by atoms with Crippen molar-refractivity contribution in [3.05, 3.63) is 93.5 Å². The van der Waals surface area contributed by atoms with Crippen molar-refractivity contribution in [1.82, 2.24) is 9.38 Å². The summed E-state index contributed by atoms with van der Waals surface area (Å²) in [4.78, 5) is 29.2. The molecule has 2 heterocycles. The highest BCUT2D eigenvalue weighted by molar-refractivity contribution is 6.31. The molecule has 2 N–H and O–H groups in total. The molecule has 0 atom stereocenters. The number of aryl methyl sites for hydroxylation is 1. The Morgan fingerprint density at radius 2 is 1.88 bits per heavy atom. The molecule has 9 heteroatoms. The van der Waals surface area contributed by atoms with Crippen LogP contribution in [0.4, 0.5) is 16.2 Å². The van der Waals surface area contributed by atoms with Gasteiger partial charge in [-0.05, 0) is 61.0 Å². The molecule has 2 aromatic carbocycles. The topological polar surface area (TPSA) is 94.0 Å². The molecule has 0 bridgehead atoms. The van der Waals surface area contributed by atoms with Crippen LogP contribution < -0.4 is 25.7 Å². The van der Waals surface area contributed by atoms with E-state index in [9.17, 15) is 9.59 Å². The number of ether oxygens (including phenoxy) is 2. The quantitative estimate of drug-likeness (QED) is 0.424. The number of amides is 2. The van der Waals surface area contributed by atoms with Gasteiger partial charge in [-0.3, -0.25) is 9.20 Å². The number of rotatable bonds is 6. The van der Waals surface area contributed by atoms with E-state index >= 15 is 0 Å². The zero-order valence-electron chi connectivity index (χ0n) is 18.0. The SMILES string of the molecule is COc1ccc(Cl)cc1NC(=O)Nc1ccc(OCc2cc(=O)n3cccc(C)c3n2)cc1. The van der Waals surface area contributed by atoms with Crippen LogP contribution >= 0.6 is 11.6 Å². The molecule has 0 fully saturated rings. The van der Waals surface area contributed by atoms with E-state index in [0.717, 1.165) is 5.56 Å². The number of halogens is 1. The van der Waals surface area contributed by atoms with Gasteiger partial charge >= 0.3 is 6.03 Å². The number of hydrogen-bond acceptors (Lipinski definition) is 5. The van der Waals surface area contributed by atoms with Gasteiger partial charge in [0.2, 0.25) is 0 Å². The second-order valence-electron chi connectivity index (χ2n) is 7.21. The molecule has 0 spiro atoms. The van der Waals surface area contributed by atoms with Gasteiger partial charge < -0.3 is 20.1 Å².